The van der Waals surface area contributed by atoms with E-state index in [2.05, 4.69) is 20.7 Å². The number of nitrogens with one attached hydrogen (secondary N) is 2. The summed E-state index contributed by atoms with van der Waals surface area (Å²) in [5, 5.41) is 30.7. The molecule has 0 radical (unpaired) electrons. The van der Waals surface area contributed by atoms with Gasteiger partial charge in [-0.2, -0.15) is 10.4 Å². The number of nitrogens with two attached hydrogens (primary N) is 1. The van der Waals surface area contributed by atoms with E-state index in [9.17, 15) is 15.2 Å². The van der Waals surface area contributed by atoms with Gasteiger partial charge in [-0.25, -0.2) is 8.91 Å². The standard InChI is InChI=1S/C26H32FN7O2/c1-26(36,16-31-20-6-4-17(12-28)5-7-20)24(27)23(33-25(35)19-3-2-10-30-15-19)22-9-8-21-11-18(13-29)14-32-34(21)22/h2-3,8-11,14-15,17,20,23-24,31,36H,4-7,12,16,28H2,1H3,(H,33,35)/t17?,20?,23-,24-,26-/m1/s1. The lowest BCUT2D eigenvalue weighted by Gasteiger charge is -2.36. The molecule has 10 heteroatoms. The monoisotopic (exact) mass is 493 g/mol. The maximum atomic E-state index is 16.2. The number of aromatic nitrogens is 3. The van der Waals surface area contributed by atoms with Crippen molar-refractivity contribution in [3.8, 4) is 6.07 Å². The van der Waals surface area contributed by atoms with Gasteiger partial charge in [0.1, 0.15) is 17.7 Å². The van der Waals surface area contributed by atoms with Crippen molar-refractivity contribution in [2.45, 2.75) is 56.5 Å². The van der Waals surface area contributed by atoms with Crippen LogP contribution in [0.25, 0.3) is 5.52 Å². The fourth-order valence-electron chi connectivity index (χ4n) is 4.75. The highest BCUT2D eigenvalue weighted by atomic mass is 19.1. The van der Waals surface area contributed by atoms with E-state index >= 15 is 4.39 Å². The molecule has 0 aromatic carbocycles. The highest BCUT2D eigenvalue weighted by Gasteiger charge is 2.41. The zero-order chi connectivity index (χ0) is 25.7. The van der Waals surface area contributed by atoms with Crippen molar-refractivity contribution in [3.63, 3.8) is 0 Å². The third-order valence-corrected chi connectivity index (χ3v) is 7.00. The lowest BCUT2D eigenvalue weighted by Crippen LogP contribution is -2.53. The van der Waals surface area contributed by atoms with E-state index in [1.165, 1.54) is 23.8 Å². The van der Waals surface area contributed by atoms with Gasteiger partial charge >= 0.3 is 0 Å². The van der Waals surface area contributed by atoms with Crippen LogP contribution in [0, 0.1) is 17.2 Å². The number of nitrogens with zero attached hydrogens (tertiary/aromatic N) is 4. The van der Waals surface area contributed by atoms with E-state index in [-0.39, 0.29) is 18.2 Å². The summed E-state index contributed by atoms with van der Waals surface area (Å²) in [7, 11) is 0. The molecule has 190 valence electrons. The van der Waals surface area contributed by atoms with Crippen LogP contribution in [0.15, 0.2) is 48.9 Å². The van der Waals surface area contributed by atoms with Gasteiger partial charge in [-0.3, -0.25) is 9.78 Å². The van der Waals surface area contributed by atoms with Crippen molar-refractivity contribution < 1.29 is 14.3 Å². The molecule has 5 N–H and O–H groups in total. The summed E-state index contributed by atoms with van der Waals surface area (Å²) in [6.45, 7) is 2.11. The Kier molecular flexibility index (Phi) is 7.94. The number of fused-ring (bicyclic) bond motifs is 1. The normalized spacial score (nSPS) is 21.3. The number of nitriles is 1. The molecular formula is C26H32FN7O2. The van der Waals surface area contributed by atoms with Gasteiger partial charge in [0, 0.05) is 25.0 Å². The van der Waals surface area contributed by atoms with Crippen molar-refractivity contribution in [1.29, 1.82) is 5.26 Å². The minimum Gasteiger partial charge on any atom is -0.386 e. The van der Waals surface area contributed by atoms with Crippen LogP contribution < -0.4 is 16.4 Å². The highest BCUT2D eigenvalue weighted by Crippen LogP contribution is 2.30. The Bertz CT molecular complexity index is 1220. The first kappa shape index (κ1) is 25.7. The number of aliphatic hydroxyl groups is 1. The van der Waals surface area contributed by atoms with Gasteiger partial charge in [-0.1, -0.05) is 0 Å². The quantitative estimate of drug-likeness (QED) is 0.358. The number of hydrogen-bond acceptors (Lipinski definition) is 7. The Morgan fingerprint density at radius 1 is 1.33 bits per heavy atom. The Morgan fingerprint density at radius 2 is 2.11 bits per heavy atom. The van der Waals surface area contributed by atoms with E-state index in [1.807, 2.05) is 6.07 Å². The van der Waals surface area contributed by atoms with E-state index in [1.54, 1.807) is 36.5 Å². The maximum absolute atomic E-state index is 16.2. The van der Waals surface area contributed by atoms with Crippen molar-refractivity contribution in [2.75, 3.05) is 13.1 Å². The summed E-state index contributed by atoms with van der Waals surface area (Å²) in [5.74, 6) is -0.00976. The van der Waals surface area contributed by atoms with Crippen molar-refractivity contribution in [2.24, 2.45) is 11.7 Å². The second-order valence-corrected chi connectivity index (χ2v) is 9.74. The first-order valence-corrected chi connectivity index (χ1v) is 12.2. The molecule has 1 aliphatic rings. The first-order valence-electron chi connectivity index (χ1n) is 12.2. The molecule has 36 heavy (non-hydrogen) atoms. The van der Waals surface area contributed by atoms with Gasteiger partial charge in [0.2, 0.25) is 0 Å². The van der Waals surface area contributed by atoms with Crippen molar-refractivity contribution >= 4 is 11.4 Å². The average Bonchev–Trinajstić information content (AvgIpc) is 3.33. The zero-order valence-corrected chi connectivity index (χ0v) is 20.3. The summed E-state index contributed by atoms with van der Waals surface area (Å²) in [6, 6.07) is 9.15. The third-order valence-electron chi connectivity index (χ3n) is 7.00. The maximum Gasteiger partial charge on any atom is 0.253 e. The molecular weight excluding hydrogens is 461 g/mol. The minimum atomic E-state index is -1.87. The number of pyridine rings is 1. The molecule has 0 spiro atoms. The Balaban J connectivity index is 1.58. The highest BCUT2D eigenvalue weighted by molar-refractivity contribution is 5.94. The van der Waals surface area contributed by atoms with E-state index < -0.39 is 23.7 Å². The minimum absolute atomic E-state index is 0.0146. The molecule has 0 aliphatic heterocycles. The summed E-state index contributed by atoms with van der Waals surface area (Å²) in [6.07, 6.45) is 6.29. The second kappa shape index (κ2) is 11.1. The van der Waals surface area contributed by atoms with Gasteiger partial charge in [0.15, 0.2) is 6.17 Å². The van der Waals surface area contributed by atoms with Gasteiger partial charge in [0.25, 0.3) is 5.91 Å². The number of carbonyl (C=O) groups excluding carboxylic acids is 1. The second-order valence-electron chi connectivity index (χ2n) is 9.74. The number of amides is 1. The molecule has 0 saturated heterocycles. The first-order chi connectivity index (χ1) is 17.3. The van der Waals surface area contributed by atoms with Crippen LogP contribution in [0.3, 0.4) is 0 Å². The SMILES string of the molecule is C[C@@](O)(CNC1CCC(CN)CC1)[C@H](F)[C@H](NC(=O)c1cccnc1)c1ccc2cc(C#N)cnn12. The summed E-state index contributed by atoms with van der Waals surface area (Å²) < 4.78 is 17.7. The van der Waals surface area contributed by atoms with Crippen LogP contribution in [-0.2, 0) is 0 Å². The molecule has 4 rings (SSSR count). The smallest absolute Gasteiger partial charge is 0.253 e. The average molecular weight is 494 g/mol. The zero-order valence-electron chi connectivity index (χ0n) is 20.3. The van der Waals surface area contributed by atoms with Gasteiger partial charge < -0.3 is 21.5 Å². The van der Waals surface area contributed by atoms with Crippen LogP contribution in [-0.4, -0.2) is 56.5 Å². The van der Waals surface area contributed by atoms with E-state index in [4.69, 9.17) is 5.73 Å². The molecule has 1 fully saturated rings. The summed E-state index contributed by atoms with van der Waals surface area (Å²) in [5.41, 5.74) is 5.54. The Hall–Kier alpha value is -3.39. The molecule has 3 atom stereocenters. The molecule has 1 saturated carbocycles. The van der Waals surface area contributed by atoms with Crippen LogP contribution in [0.1, 0.15) is 60.3 Å². The molecule has 1 aliphatic carbocycles. The number of carbonyl (C=O) groups is 1. The van der Waals surface area contributed by atoms with Gasteiger partial charge in [-0.05, 0) is 75.4 Å². The Morgan fingerprint density at radius 3 is 2.78 bits per heavy atom. The van der Waals surface area contributed by atoms with Crippen LogP contribution >= 0.6 is 0 Å². The topological polar surface area (TPSA) is 141 Å². The number of rotatable bonds is 9. The van der Waals surface area contributed by atoms with Crippen LogP contribution in [0.5, 0.6) is 0 Å². The molecule has 0 unspecified atom stereocenters. The Labute approximate surface area is 209 Å². The van der Waals surface area contributed by atoms with Crippen LogP contribution in [0.4, 0.5) is 4.39 Å². The number of hydrogen-bond donors (Lipinski definition) is 4. The third kappa shape index (κ3) is 5.70. The molecule has 0 bridgehead atoms. The predicted molar refractivity (Wildman–Crippen MR) is 133 cm³/mol. The summed E-state index contributed by atoms with van der Waals surface area (Å²) >= 11 is 0. The predicted octanol–water partition coefficient (Wildman–Crippen LogP) is 2.27. The van der Waals surface area contributed by atoms with Crippen LogP contribution in [0.2, 0.25) is 0 Å². The van der Waals surface area contributed by atoms with Gasteiger partial charge in [0.05, 0.1) is 28.5 Å². The van der Waals surface area contributed by atoms with Gasteiger partial charge in [-0.15, -0.1) is 0 Å². The molecule has 3 aromatic heterocycles. The van der Waals surface area contributed by atoms with E-state index in [0.29, 0.717) is 29.2 Å². The lowest BCUT2D eigenvalue weighted by atomic mass is 9.85. The molecule has 1 amide bonds. The molecule has 3 heterocycles. The molecule has 9 nitrogen and oxygen atoms in total. The fraction of sp³-hybridized carbons (Fsp3) is 0.462. The lowest BCUT2D eigenvalue weighted by molar-refractivity contribution is -0.0369. The number of alkyl halides is 1. The largest absolute Gasteiger partial charge is 0.386 e. The summed E-state index contributed by atoms with van der Waals surface area (Å²) in [4.78, 5) is 16.9. The fourth-order valence-corrected chi connectivity index (χ4v) is 4.75. The van der Waals surface area contributed by atoms with E-state index in [0.717, 1.165) is 25.7 Å². The molecule has 3 aromatic rings. The van der Waals surface area contributed by atoms with Crippen molar-refractivity contribution in [3.05, 3.63) is 65.7 Å². The van der Waals surface area contributed by atoms with Crippen molar-refractivity contribution in [1.82, 2.24) is 25.2 Å². The number of halogens is 1.